The SMILES string of the molecule is CCc1ccc(NC(=O)[C@@H](C)Sc2nc3ccccc3n2CC(C)C)cc1. The number of aryl methyl sites for hydroxylation is 1. The van der Waals surface area contributed by atoms with Gasteiger partial charge in [-0.2, -0.15) is 0 Å². The highest BCUT2D eigenvalue weighted by Crippen LogP contribution is 2.28. The largest absolute Gasteiger partial charge is 0.325 e. The van der Waals surface area contributed by atoms with E-state index in [0.717, 1.165) is 34.8 Å². The van der Waals surface area contributed by atoms with Crippen molar-refractivity contribution in [2.45, 2.75) is 51.1 Å². The molecule has 0 fully saturated rings. The predicted molar refractivity (Wildman–Crippen MR) is 114 cm³/mol. The number of nitrogens with one attached hydrogen (secondary N) is 1. The fourth-order valence-corrected chi connectivity index (χ4v) is 3.90. The normalized spacial score (nSPS) is 12.5. The van der Waals surface area contributed by atoms with Crippen LogP contribution >= 0.6 is 11.8 Å². The minimum Gasteiger partial charge on any atom is -0.325 e. The monoisotopic (exact) mass is 381 g/mol. The lowest BCUT2D eigenvalue weighted by atomic mass is 10.1. The van der Waals surface area contributed by atoms with Gasteiger partial charge in [0.1, 0.15) is 0 Å². The summed E-state index contributed by atoms with van der Waals surface area (Å²) in [5, 5.41) is 3.67. The quantitative estimate of drug-likeness (QED) is 0.559. The molecular weight excluding hydrogens is 354 g/mol. The molecule has 4 nitrogen and oxygen atoms in total. The Morgan fingerprint density at radius 2 is 1.81 bits per heavy atom. The van der Waals surface area contributed by atoms with Crippen molar-refractivity contribution >= 4 is 34.4 Å². The summed E-state index contributed by atoms with van der Waals surface area (Å²) in [6, 6.07) is 16.2. The molecule has 1 atom stereocenters. The zero-order valence-electron chi connectivity index (χ0n) is 16.4. The average molecular weight is 382 g/mol. The van der Waals surface area contributed by atoms with Crippen LogP contribution in [0, 0.1) is 5.92 Å². The van der Waals surface area contributed by atoms with Crippen LogP contribution in [0.2, 0.25) is 0 Å². The van der Waals surface area contributed by atoms with Crippen molar-refractivity contribution in [2.24, 2.45) is 5.92 Å². The van der Waals surface area contributed by atoms with Crippen molar-refractivity contribution < 1.29 is 4.79 Å². The highest BCUT2D eigenvalue weighted by atomic mass is 32.2. The number of benzene rings is 2. The number of anilines is 1. The van der Waals surface area contributed by atoms with Crippen molar-refractivity contribution in [3.05, 3.63) is 54.1 Å². The minimum atomic E-state index is -0.237. The number of imidazole rings is 1. The molecule has 1 N–H and O–H groups in total. The van der Waals surface area contributed by atoms with Gasteiger partial charge in [-0.3, -0.25) is 4.79 Å². The predicted octanol–water partition coefficient (Wildman–Crippen LogP) is 5.37. The number of para-hydroxylation sites is 2. The van der Waals surface area contributed by atoms with Gasteiger partial charge in [0.15, 0.2) is 5.16 Å². The van der Waals surface area contributed by atoms with Crippen LogP contribution in [0.5, 0.6) is 0 Å². The molecule has 0 aliphatic heterocycles. The maximum absolute atomic E-state index is 12.7. The Balaban J connectivity index is 1.76. The molecule has 2 aromatic carbocycles. The lowest BCUT2D eigenvalue weighted by Gasteiger charge is -2.15. The first-order valence-corrected chi connectivity index (χ1v) is 10.4. The fourth-order valence-electron chi connectivity index (χ4n) is 2.96. The maximum Gasteiger partial charge on any atom is 0.237 e. The zero-order valence-corrected chi connectivity index (χ0v) is 17.2. The van der Waals surface area contributed by atoms with Gasteiger partial charge in [-0.05, 0) is 49.1 Å². The van der Waals surface area contributed by atoms with Gasteiger partial charge in [0.2, 0.25) is 5.91 Å². The molecule has 0 unspecified atom stereocenters. The Labute approximate surface area is 165 Å². The standard InChI is InChI=1S/C22H27N3OS/c1-5-17-10-12-18(13-11-17)23-21(26)16(4)27-22-24-19-8-6-7-9-20(19)25(22)14-15(2)3/h6-13,15-16H,5,14H2,1-4H3,(H,23,26)/t16-/m1/s1. The molecule has 0 aliphatic carbocycles. The van der Waals surface area contributed by atoms with Gasteiger partial charge in [0.05, 0.1) is 16.3 Å². The van der Waals surface area contributed by atoms with Crippen LogP contribution in [0.4, 0.5) is 5.69 Å². The molecule has 0 saturated carbocycles. The number of thioether (sulfide) groups is 1. The molecule has 1 aromatic heterocycles. The second-order valence-corrected chi connectivity index (χ2v) is 8.50. The lowest BCUT2D eigenvalue weighted by Crippen LogP contribution is -2.23. The van der Waals surface area contributed by atoms with E-state index >= 15 is 0 Å². The summed E-state index contributed by atoms with van der Waals surface area (Å²) in [6.07, 6.45) is 0.993. The molecular formula is C22H27N3OS. The van der Waals surface area contributed by atoms with E-state index in [2.05, 4.69) is 48.9 Å². The van der Waals surface area contributed by atoms with Crippen molar-refractivity contribution in [2.75, 3.05) is 5.32 Å². The molecule has 0 saturated heterocycles. The van der Waals surface area contributed by atoms with Gasteiger partial charge >= 0.3 is 0 Å². The molecule has 1 heterocycles. The van der Waals surface area contributed by atoms with Crippen LogP contribution in [0.3, 0.4) is 0 Å². The Bertz CT molecular complexity index is 915. The number of aromatic nitrogens is 2. The summed E-state index contributed by atoms with van der Waals surface area (Å²) in [6.45, 7) is 9.32. The van der Waals surface area contributed by atoms with Gasteiger partial charge < -0.3 is 9.88 Å². The summed E-state index contributed by atoms with van der Waals surface area (Å²) in [4.78, 5) is 17.4. The lowest BCUT2D eigenvalue weighted by molar-refractivity contribution is -0.115. The van der Waals surface area contributed by atoms with E-state index in [9.17, 15) is 4.79 Å². The highest BCUT2D eigenvalue weighted by Gasteiger charge is 2.20. The Morgan fingerprint density at radius 1 is 1.11 bits per heavy atom. The summed E-state index contributed by atoms with van der Waals surface area (Å²) in [7, 11) is 0. The van der Waals surface area contributed by atoms with Crippen LogP contribution in [0.1, 0.15) is 33.3 Å². The molecule has 27 heavy (non-hydrogen) atoms. The van der Waals surface area contributed by atoms with E-state index in [1.807, 2.05) is 37.3 Å². The summed E-state index contributed by atoms with van der Waals surface area (Å²) < 4.78 is 2.23. The molecule has 3 aromatic rings. The van der Waals surface area contributed by atoms with E-state index < -0.39 is 0 Å². The van der Waals surface area contributed by atoms with Crippen molar-refractivity contribution in [1.29, 1.82) is 0 Å². The van der Waals surface area contributed by atoms with Crippen molar-refractivity contribution in [3.63, 3.8) is 0 Å². The number of hydrogen-bond donors (Lipinski definition) is 1. The molecule has 1 amide bonds. The van der Waals surface area contributed by atoms with E-state index in [-0.39, 0.29) is 11.2 Å². The van der Waals surface area contributed by atoms with Gasteiger partial charge in [-0.1, -0.05) is 56.8 Å². The first kappa shape index (κ1) is 19.5. The molecule has 0 aliphatic rings. The Hall–Kier alpha value is -2.27. The molecule has 142 valence electrons. The first-order chi connectivity index (χ1) is 13.0. The van der Waals surface area contributed by atoms with E-state index in [1.54, 1.807) is 0 Å². The number of carbonyl (C=O) groups excluding carboxylic acids is 1. The van der Waals surface area contributed by atoms with Crippen molar-refractivity contribution in [3.8, 4) is 0 Å². The molecule has 0 spiro atoms. The minimum absolute atomic E-state index is 0.00704. The Kier molecular flexibility index (Phi) is 6.22. The second kappa shape index (κ2) is 8.61. The van der Waals surface area contributed by atoms with Gasteiger partial charge in [-0.25, -0.2) is 4.98 Å². The van der Waals surface area contributed by atoms with Gasteiger partial charge in [0.25, 0.3) is 0 Å². The molecule has 5 heteroatoms. The number of carbonyl (C=O) groups is 1. The maximum atomic E-state index is 12.7. The molecule has 0 bridgehead atoms. The van der Waals surface area contributed by atoms with E-state index in [1.165, 1.54) is 17.3 Å². The Morgan fingerprint density at radius 3 is 2.48 bits per heavy atom. The molecule has 0 radical (unpaired) electrons. The van der Waals surface area contributed by atoms with E-state index in [0.29, 0.717) is 5.92 Å². The summed E-state index contributed by atoms with van der Waals surface area (Å²) >= 11 is 1.51. The third-order valence-corrected chi connectivity index (χ3v) is 5.54. The third kappa shape index (κ3) is 4.72. The average Bonchev–Trinajstić information content (AvgIpc) is 2.99. The van der Waals surface area contributed by atoms with Gasteiger partial charge in [0, 0.05) is 12.2 Å². The van der Waals surface area contributed by atoms with Gasteiger partial charge in [-0.15, -0.1) is 0 Å². The van der Waals surface area contributed by atoms with Crippen molar-refractivity contribution in [1.82, 2.24) is 9.55 Å². The van der Waals surface area contributed by atoms with E-state index in [4.69, 9.17) is 4.98 Å². The summed E-state index contributed by atoms with van der Waals surface area (Å²) in [5.41, 5.74) is 4.19. The zero-order chi connectivity index (χ0) is 19.4. The number of nitrogens with zero attached hydrogens (tertiary/aromatic N) is 2. The van der Waals surface area contributed by atoms with Crippen LogP contribution in [-0.4, -0.2) is 20.7 Å². The first-order valence-electron chi connectivity index (χ1n) is 9.49. The highest BCUT2D eigenvalue weighted by molar-refractivity contribution is 8.00. The van der Waals surface area contributed by atoms with Crippen LogP contribution in [0.15, 0.2) is 53.7 Å². The third-order valence-electron chi connectivity index (χ3n) is 4.45. The number of fused-ring (bicyclic) bond motifs is 1. The number of amides is 1. The van der Waals surface area contributed by atoms with Crippen LogP contribution in [-0.2, 0) is 17.8 Å². The number of hydrogen-bond acceptors (Lipinski definition) is 3. The molecule has 3 rings (SSSR count). The summed E-state index contributed by atoms with van der Waals surface area (Å²) in [5.74, 6) is 0.496. The topological polar surface area (TPSA) is 46.9 Å². The smallest absolute Gasteiger partial charge is 0.237 e. The fraction of sp³-hybridized carbons (Fsp3) is 0.364. The number of rotatable bonds is 7. The van der Waals surface area contributed by atoms with Crippen LogP contribution in [0.25, 0.3) is 11.0 Å². The van der Waals surface area contributed by atoms with Crippen LogP contribution < -0.4 is 5.32 Å². The second-order valence-electron chi connectivity index (χ2n) is 7.19.